The zero-order valence-electron chi connectivity index (χ0n) is 11.4. The molecule has 0 bridgehead atoms. The average molecular weight is 272 g/mol. The summed E-state index contributed by atoms with van der Waals surface area (Å²) in [5.41, 5.74) is 0.838. The molecule has 0 fully saturated rings. The molecule has 2 aromatic rings. The van der Waals surface area contributed by atoms with Crippen molar-refractivity contribution in [1.82, 2.24) is 9.97 Å². The number of aromatic nitrogens is 2. The van der Waals surface area contributed by atoms with E-state index in [1.54, 1.807) is 25.4 Å². The Hall–Kier alpha value is -2.63. The number of hydrogen-bond donors (Lipinski definition) is 2. The summed E-state index contributed by atoms with van der Waals surface area (Å²) in [6.45, 7) is 2.66. The number of carbonyl (C=O) groups is 1. The van der Waals surface area contributed by atoms with Crippen molar-refractivity contribution >= 4 is 17.4 Å². The number of para-hydroxylation sites is 2. The molecule has 0 aliphatic rings. The molecule has 0 spiro atoms. The molecule has 0 unspecified atom stereocenters. The molecule has 6 heteroatoms. The topological polar surface area (TPSA) is 76.1 Å². The molecule has 20 heavy (non-hydrogen) atoms. The van der Waals surface area contributed by atoms with Crippen LogP contribution in [0.4, 0.5) is 11.5 Å². The minimum Gasteiger partial charge on any atom is -0.495 e. The van der Waals surface area contributed by atoms with Crippen LogP contribution >= 0.6 is 0 Å². The lowest BCUT2D eigenvalue weighted by atomic mass is 10.3. The Bertz CT molecular complexity index is 601. The minimum atomic E-state index is -0.332. The standard InChI is InChI=1S/C14H16N4O2/c1-3-16-13-9-15-8-11(17-13)14(19)18-10-6-4-5-7-12(10)20-2/h4-9H,3H2,1-2H3,(H,16,17)(H,18,19). The van der Waals surface area contributed by atoms with Crippen LogP contribution in [0, 0.1) is 0 Å². The van der Waals surface area contributed by atoms with Crippen molar-refractivity contribution < 1.29 is 9.53 Å². The van der Waals surface area contributed by atoms with Crippen LogP contribution in [0.3, 0.4) is 0 Å². The molecule has 0 saturated carbocycles. The first-order valence-corrected chi connectivity index (χ1v) is 6.25. The van der Waals surface area contributed by atoms with Gasteiger partial charge in [-0.15, -0.1) is 0 Å². The number of amides is 1. The molecule has 1 aromatic heterocycles. The van der Waals surface area contributed by atoms with Crippen LogP contribution in [0.1, 0.15) is 17.4 Å². The molecular weight excluding hydrogens is 256 g/mol. The quantitative estimate of drug-likeness (QED) is 0.872. The number of ether oxygens (including phenoxy) is 1. The number of nitrogens with one attached hydrogen (secondary N) is 2. The highest BCUT2D eigenvalue weighted by atomic mass is 16.5. The third-order valence-electron chi connectivity index (χ3n) is 2.58. The first-order chi connectivity index (χ1) is 9.74. The summed E-state index contributed by atoms with van der Waals surface area (Å²) in [6, 6.07) is 7.19. The third kappa shape index (κ3) is 3.23. The molecule has 0 saturated heterocycles. The molecule has 1 heterocycles. The van der Waals surface area contributed by atoms with Crippen molar-refractivity contribution in [3.8, 4) is 5.75 Å². The number of benzene rings is 1. The van der Waals surface area contributed by atoms with Crippen molar-refractivity contribution in [2.24, 2.45) is 0 Å². The van der Waals surface area contributed by atoms with Crippen molar-refractivity contribution in [3.63, 3.8) is 0 Å². The summed E-state index contributed by atoms with van der Waals surface area (Å²) >= 11 is 0. The van der Waals surface area contributed by atoms with E-state index in [4.69, 9.17) is 4.74 Å². The van der Waals surface area contributed by atoms with Gasteiger partial charge in [-0.25, -0.2) is 4.98 Å². The van der Waals surface area contributed by atoms with Crippen LogP contribution < -0.4 is 15.4 Å². The summed E-state index contributed by atoms with van der Waals surface area (Å²) in [6.07, 6.45) is 3.00. The van der Waals surface area contributed by atoms with Crippen molar-refractivity contribution in [3.05, 3.63) is 42.4 Å². The molecule has 1 aromatic carbocycles. The van der Waals surface area contributed by atoms with Crippen molar-refractivity contribution in [1.29, 1.82) is 0 Å². The molecular formula is C14H16N4O2. The number of carbonyl (C=O) groups excluding carboxylic acids is 1. The third-order valence-corrected chi connectivity index (χ3v) is 2.58. The lowest BCUT2D eigenvalue weighted by Crippen LogP contribution is -2.15. The number of hydrogen-bond acceptors (Lipinski definition) is 5. The van der Waals surface area contributed by atoms with Gasteiger partial charge in [-0.05, 0) is 19.1 Å². The molecule has 0 radical (unpaired) electrons. The van der Waals surface area contributed by atoms with Gasteiger partial charge in [-0.2, -0.15) is 0 Å². The summed E-state index contributed by atoms with van der Waals surface area (Å²) in [5, 5.41) is 5.76. The van der Waals surface area contributed by atoms with Gasteiger partial charge >= 0.3 is 0 Å². The van der Waals surface area contributed by atoms with Crippen LogP contribution in [0.5, 0.6) is 5.75 Å². The van der Waals surface area contributed by atoms with E-state index in [9.17, 15) is 4.79 Å². The predicted octanol–water partition coefficient (Wildman–Crippen LogP) is 2.17. The lowest BCUT2D eigenvalue weighted by molar-refractivity contribution is 0.102. The Morgan fingerprint density at radius 2 is 2.10 bits per heavy atom. The largest absolute Gasteiger partial charge is 0.495 e. The van der Waals surface area contributed by atoms with Gasteiger partial charge in [0.15, 0.2) is 0 Å². The van der Waals surface area contributed by atoms with E-state index in [-0.39, 0.29) is 11.6 Å². The summed E-state index contributed by atoms with van der Waals surface area (Å²) in [7, 11) is 1.55. The van der Waals surface area contributed by atoms with Gasteiger partial charge in [-0.3, -0.25) is 9.78 Å². The Labute approximate surface area is 117 Å². The van der Waals surface area contributed by atoms with E-state index >= 15 is 0 Å². The van der Waals surface area contributed by atoms with Gasteiger partial charge in [0.2, 0.25) is 0 Å². The molecule has 0 aliphatic carbocycles. The summed E-state index contributed by atoms with van der Waals surface area (Å²) < 4.78 is 5.18. The average Bonchev–Trinajstić information content (AvgIpc) is 2.48. The van der Waals surface area contributed by atoms with E-state index in [2.05, 4.69) is 20.6 Å². The maximum Gasteiger partial charge on any atom is 0.276 e. The van der Waals surface area contributed by atoms with Gasteiger partial charge in [0, 0.05) is 6.54 Å². The smallest absolute Gasteiger partial charge is 0.276 e. The van der Waals surface area contributed by atoms with E-state index in [1.807, 2.05) is 19.1 Å². The summed E-state index contributed by atoms with van der Waals surface area (Å²) in [4.78, 5) is 20.3. The Kier molecular flexibility index (Phi) is 4.49. The Balaban J connectivity index is 2.17. The Morgan fingerprint density at radius 1 is 1.30 bits per heavy atom. The van der Waals surface area contributed by atoms with Crippen molar-refractivity contribution in [2.75, 3.05) is 24.3 Å². The monoisotopic (exact) mass is 272 g/mol. The van der Waals surface area contributed by atoms with Crippen LogP contribution in [0.25, 0.3) is 0 Å². The van der Waals surface area contributed by atoms with E-state index in [1.165, 1.54) is 6.20 Å². The SMILES string of the molecule is CCNc1cncc(C(=O)Nc2ccccc2OC)n1. The zero-order chi connectivity index (χ0) is 14.4. The van der Waals surface area contributed by atoms with Gasteiger partial charge < -0.3 is 15.4 Å². The number of nitrogens with zero attached hydrogens (tertiary/aromatic N) is 2. The predicted molar refractivity (Wildman–Crippen MR) is 77.1 cm³/mol. The Morgan fingerprint density at radius 3 is 2.85 bits per heavy atom. The molecule has 6 nitrogen and oxygen atoms in total. The molecule has 0 atom stereocenters. The van der Waals surface area contributed by atoms with E-state index in [0.29, 0.717) is 23.8 Å². The molecule has 1 amide bonds. The fourth-order valence-corrected chi connectivity index (χ4v) is 1.68. The van der Waals surface area contributed by atoms with E-state index < -0.39 is 0 Å². The highest BCUT2D eigenvalue weighted by Gasteiger charge is 2.11. The van der Waals surface area contributed by atoms with E-state index in [0.717, 1.165) is 0 Å². The number of rotatable bonds is 5. The molecule has 104 valence electrons. The maximum atomic E-state index is 12.1. The molecule has 0 aliphatic heterocycles. The van der Waals surface area contributed by atoms with Gasteiger partial charge in [0.25, 0.3) is 5.91 Å². The first kappa shape index (κ1) is 13.8. The van der Waals surface area contributed by atoms with Crippen LogP contribution in [0.15, 0.2) is 36.7 Å². The van der Waals surface area contributed by atoms with Gasteiger partial charge in [-0.1, -0.05) is 12.1 Å². The maximum absolute atomic E-state index is 12.1. The minimum absolute atomic E-state index is 0.245. The van der Waals surface area contributed by atoms with Crippen LogP contribution in [-0.2, 0) is 0 Å². The van der Waals surface area contributed by atoms with Gasteiger partial charge in [0.1, 0.15) is 17.3 Å². The van der Waals surface area contributed by atoms with Crippen LogP contribution in [0.2, 0.25) is 0 Å². The second-order valence-electron chi connectivity index (χ2n) is 3.97. The lowest BCUT2D eigenvalue weighted by Gasteiger charge is -2.09. The second-order valence-corrected chi connectivity index (χ2v) is 3.97. The number of anilines is 2. The van der Waals surface area contributed by atoms with Gasteiger partial charge in [0.05, 0.1) is 25.2 Å². The second kappa shape index (κ2) is 6.51. The fourth-order valence-electron chi connectivity index (χ4n) is 1.68. The highest BCUT2D eigenvalue weighted by molar-refractivity contribution is 6.03. The first-order valence-electron chi connectivity index (χ1n) is 6.25. The highest BCUT2D eigenvalue weighted by Crippen LogP contribution is 2.23. The normalized spacial score (nSPS) is 9.90. The van der Waals surface area contributed by atoms with Crippen molar-refractivity contribution in [2.45, 2.75) is 6.92 Å². The summed E-state index contributed by atoms with van der Waals surface area (Å²) in [5.74, 6) is 0.832. The fraction of sp³-hybridized carbons (Fsp3) is 0.214. The molecule has 2 N–H and O–H groups in total. The van der Waals surface area contributed by atoms with Crippen LogP contribution in [-0.4, -0.2) is 29.5 Å². The zero-order valence-corrected chi connectivity index (χ0v) is 11.4. The number of methoxy groups -OCH3 is 1. The molecule has 2 rings (SSSR count).